The Morgan fingerprint density at radius 1 is 1.03 bits per heavy atom. The van der Waals surface area contributed by atoms with Crippen LogP contribution in [0.4, 0.5) is 5.69 Å². The zero-order valence-electron chi connectivity index (χ0n) is 19.8. The molecule has 1 heterocycles. The molecular weight excluding hydrogens is 450 g/mol. The van der Waals surface area contributed by atoms with Crippen LogP contribution in [-0.4, -0.2) is 53.8 Å². The zero-order valence-corrected chi connectivity index (χ0v) is 20.7. The van der Waals surface area contributed by atoms with Crippen molar-refractivity contribution in [3.05, 3.63) is 59.7 Å². The average molecular weight is 484 g/mol. The third-order valence-corrected chi connectivity index (χ3v) is 6.55. The van der Waals surface area contributed by atoms with Crippen LogP contribution in [0.3, 0.4) is 0 Å². The molecule has 2 aromatic rings. The first-order valence-electron chi connectivity index (χ1n) is 11.7. The Labute approximate surface area is 205 Å². The highest BCUT2D eigenvalue weighted by atomic mass is 32.2. The summed E-state index contributed by atoms with van der Waals surface area (Å²) in [7, 11) is 0. The number of para-hydroxylation sites is 1. The second-order valence-corrected chi connectivity index (χ2v) is 9.34. The molecule has 7 nitrogen and oxygen atoms in total. The molecule has 1 aliphatic heterocycles. The molecule has 0 aromatic heterocycles. The highest BCUT2D eigenvalue weighted by Crippen LogP contribution is 2.27. The van der Waals surface area contributed by atoms with Crippen molar-refractivity contribution in [2.75, 3.05) is 36.5 Å². The molecule has 3 rings (SSSR count). The first-order chi connectivity index (χ1) is 16.5. The zero-order chi connectivity index (χ0) is 24.3. The van der Waals surface area contributed by atoms with Crippen LogP contribution in [0.1, 0.15) is 43.4 Å². The number of anilines is 1. The van der Waals surface area contributed by atoms with Crippen LogP contribution >= 0.6 is 11.8 Å². The molecule has 8 heteroatoms. The molecule has 1 aliphatic rings. The van der Waals surface area contributed by atoms with Gasteiger partial charge in [0.2, 0.25) is 11.8 Å². The van der Waals surface area contributed by atoms with Crippen LogP contribution in [0.25, 0.3) is 0 Å². The molecular formula is C26H33N3O4S. The number of hydrogen-bond donors (Lipinski definition) is 2. The van der Waals surface area contributed by atoms with Crippen molar-refractivity contribution in [3.8, 4) is 5.75 Å². The fourth-order valence-corrected chi connectivity index (χ4v) is 4.52. The van der Waals surface area contributed by atoms with Crippen molar-refractivity contribution in [2.45, 2.75) is 39.2 Å². The molecule has 3 amide bonds. The predicted octanol–water partition coefficient (Wildman–Crippen LogP) is 3.94. The number of aryl methyl sites for hydroxylation is 1. The minimum atomic E-state index is -0.243. The third kappa shape index (κ3) is 7.80. The second kappa shape index (κ2) is 13.0. The summed E-state index contributed by atoms with van der Waals surface area (Å²) in [4.78, 5) is 38.9. The molecule has 0 radical (unpaired) electrons. The van der Waals surface area contributed by atoms with Gasteiger partial charge in [0, 0.05) is 24.3 Å². The molecule has 1 saturated heterocycles. The van der Waals surface area contributed by atoms with E-state index >= 15 is 0 Å². The minimum Gasteiger partial charge on any atom is -0.483 e. The molecule has 1 atom stereocenters. The van der Waals surface area contributed by atoms with Crippen LogP contribution in [0.2, 0.25) is 0 Å². The summed E-state index contributed by atoms with van der Waals surface area (Å²) in [6.45, 7) is 5.52. The summed E-state index contributed by atoms with van der Waals surface area (Å²) in [6, 6.07) is 14.8. The van der Waals surface area contributed by atoms with Gasteiger partial charge in [-0.1, -0.05) is 37.3 Å². The SMILES string of the molecule is CCC(NC(=O)CSCC(=O)Nc1cccc(C)c1)c1ccccc1OCC(=O)N1CCCC1. The van der Waals surface area contributed by atoms with E-state index in [0.29, 0.717) is 12.2 Å². The van der Waals surface area contributed by atoms with Gasteiger partial charge in [0.05, 0.1) is 17.5 Å². The highest BCUT2D eigenvalue weighted by molar-refractivity contribution is 8.00. The quantitative estimate of drug-likeness (QED) is 0.506. The van der Waals surface area contributed by atoms with Crippen molar-refractivity contribution in [1.82, 2.24) is 10.2 Å². The van der Waals surface area contributed by atoms with Crippen molar-refractivity contribution in [2.24, 2.45) is 0 Å². The van der Waals surface area contributed by atoms with E-state index in [1.54, 1.807) is 0 Å². The molecule has 0 bridgehead atoms. The molecule has 1 unspecified atom stereocenters. The second-order valence-electron chi connectivity index (χ2n) is 8.35. The lowest BCUT2D eigenvalue weighted by Crippen LogP contribution is -2.33. The van der Waals surface area contributed by atoms with Crippen LogP contribution < -0.4 is 15.4 Å². The Bertz CT molecular complexity index is 992. The number of hydrogen-bond acceptors (Lipinski definition) is 5. The van der Waals surface area contributed by atoms with E-state index < -0.39 is 0 Å². The van der Waals surface area contributed by atoms with E-state index in [4.69, 9.17) is 4.74 Å². The summed E-state index contributed by atoms with van der Waals surface area (Å²) in [5.74, 6) is 0.669. The van der Waals surface area contributed by atoms with Crippen LogP contribution in [0.15, 0.2) is 48.5 Å². The fraction of sp³-hybridized carbons (Fsp3) is 0.423. The molecule has 2 N–H and O–H groups in total. The smallest absolute Gasteiger partial charge is 0.260 e. The Morgan fingerprint density at radius 3 is 2.50 bits per heavy atom. The number of ether oxygens (including phenoxy) is 1. The molecule has 34 heavy (non-hydrogen) atoms. The number of likely N-dealkylation sites (tertiary alicyclic amines) is 1. The van der Waals surface area contributed by atoms with Crippen molar-refractivity contribution < 1.29 is 19.1 Å². The number of nitrogens with one attached hydrogen (secondary N) is 2. The van der Waals surface area contributed by atoms with Gasteiger partial charge in [0.15, 0.2) is 6.61 Å². The van der Waals surface area contributed by atoms with Crippen LogP contribution in [-0.2, 0) is 14.4 Å². The fourth-order valence-electron chi connectivity index (χ4n) is 3.89. The molecule has 1 fully saturated rings. The maximum atomic E-state index is 12.6. The first kappa shape index (κ1) is 25.6. The Hall–Kier alpha value is -3.00. The van der Waals surface area contributed by atoms with E-state index in [1.165, 1.54) is 11.8 Å². The maximum absolute atomic E-state index is 12.6. The van der Waals surface area contributed by atoms with E-state index in [2.05, 4.69) is 10.6 Å². The molecule has 0 spiro atoms. The molecule has 0 saturated carbocycles. The van der Waals surface area contributed by atoms with Gasteiger partial charge in [-0.15, -0.1) is 11.8 Å². The van der Waals surface area contributed by atoms with Gasteiger partial charge in [-0.2, -0.15) is 0 Å². The summed E-state index contributed by atoms with van der Waals surface area (Å²) in [5.41, 5.74) is 2.66. The number of carbonyl (C=O) groups is 3. The normalized spacial score (nSPS) is 13.9. The minimum absolute atomic E-state index is 0.00665. The lowest BCUT2D eigenvalue weighted by Gasteiger charge is -2.21. The Kier molecular flexibility index (Phi) is 9.82. The van der Waals surface area contributed by atoms with Gasteiger partial charge in [-0.05, 0) is 49.9 Å². The number of benzene rings is 2. The van der Waals surface area contributed by atoms with Crippen LogP contribution in [0.5, 0.6) is 5.75 Å². The summed E-state index contributed by atoms with van der Waals surface area (Å²) in [5, 5.41) is 5.88. The van der Waals surface area contributed by atoms with Gasteiger partial charge < -0.3 is 20.3 Å². The van der Waals surface area contributed by atoms with Gasteiger partial charge >= 0.3 is 0 Å². The molecule has 0 aliphatic carbocycles. The number of carbonyl (C=O) groups excluding carboxylic acids is 3. The largest absolute Gasteiger partial charge is 0.483 e. The third-order valence-electron chi connectivity index (χ3n) is 5.62. The summed E-state index contributed by atoms with van der Waals surface area (Å²) in [6.07, 6.45) is 2.75. The van der Waals surface area contributed by atoms with Crippen molar-refractivity contribution >= 4 is 35.2 Å². The van der Waals surface area contributed by atoms with E-state index in [-0.39, 0.29) is 41.9 Å². The standard InChI is InChI=1S/C26H33N3O4S/c1-3-22(21-11-4-5-12-23(21)33-16-26(32)29-13-6-7-14-29)28-25(31)18-34-17-24(30)27-20-10-8-9-19(2)15-20/h4-5,8-12,15,22H,3,6-7,13-14,16-18H2,1-2H3,(H,27,30)(H,28,31). The van der Waals surface area contributed by atoms with E-state index in [1.807, 2.05) is 67.3 Å². The molecule has 2 aromatic carbocycles. The molecule has 182 valence electrons. The number of amides is 3. The Balaban J connectivity index is 1.47. The number of rotatable bonds is 11. The summed E-state index contributed by atoms with van der Waals surface area (Å²) >= 11 is 1.27. The Morgan fingerprint density at radius 2 is 1.76 bits per heavy atom. The topological polar surface area (TPSA) is 87.7 Å². The van der Waals surface area contributed by atoms with Gasteiger partial charge in [0.25, 0.3) is 5.91 Å². The highest BCUT2D eigenvalue weighted by Gasteiger charge is 2.21. The van der Waals surface area contributed by atoms with Crippen LogP contribution in [0, 0.1) is 6.92 Å². The van der Waals surface area contributed by atoms with Crippen molar-refractivity contribution in [3.63, 3.8) is 0 Å². The maximum Gasteiger partial charge on any atom is 0.260 e. The van der Waals surface area contributed by atoms with E-state index in [0.717, 1.165) is 42.7 Å². The van der Waals surface area contributed by atoms with Gasteiger partial charge in [0.1, 0.15) is 5.75 Å². The van der Waals surface area contributed by atoms with E-state index in [9.17, 15) is 14.4 Å². The van der Waals surface area contributed by atoms with Gasteiger partial charge in [-0.25, -0.2) is 0 Å². The average Bonchev–Trinajstić information content (AvgIpc) is 3.36. The van der Waals surface area contributed by atoms with Crippen molar-refractivity contribution in [1.29, 1.82) is 0 Å². The first-order valence-corrected chi connectivity index (χ1v) is 12.8. The lowest BCUT2D eigenvalue weighted by atomic mass is 10.0. The number of thioether (sulfide) groups is 1. The summed E-state index contributed by atoms with van der Waals surface area (Å²) < 4.78 is 5.85. The number of nitrogens with zero attached hydrogens (tertiary/aromatic N) is 1. The predicted molar refractivity (Wildman–Crippen MR) is 136 cm³/mol. The lowest BCUT2D eigenvalue weighted by molar-refractivity contribution is -0.132. The van der Waals surface area contributed by atoms with Gasteiger partial charge in [-0.3, -0.25) is 14.4 Å². The monoisotopic (exact) mass is 483 g/mol.